The van der Waals surface area contributed by atoms with E-state index in [2.05, 4.69) is 20.9 Å². The van der Waals surface area contributed by atoms with Gasteiger partial charge in [0.15, 0.2) is 5.13 Å². The molecule has 2 rings (SSSR count). The molecular weight excluding hydrogens is 347 g/mol. The molecule has 0 spiro atoms. The Kier molecular flexibility index (Phi) is 6.00. The van der Waals surface area contributed by atoms with Gasteiger partial charge in [-0.3, -0.25) is 10.1 Å². The Hall–Kier alpha value is -1.83. The molecule has 3 amide bonds. The predicted molar refractivity (Wildman–Crippen MR) is 87.9 cm³/mol. The van der Waals surface area contributed by atoms with Crippen molar-refractivity contribution in [2.75, 3.05) is 18.4 Å². The molecule has 1 aromatic carbocycles. The molecule has 116 valence electrons. The highest BCUT2D eigenvalue weighted by Crippen LogP contribution is 2.22. The number of nitrogens with zero attached hydrogens (tertiary/aromatic N) is 1. The SMILES string of the molecule is O=C(NCCNC(=O)c1ccc(Cl)c(Cl)c1)Nc1nccs1. The van der Waals surface area contributed by atoms with Crippen molar-refractivity contribution < 1.29 is 9.59 Å². The number of carbonyl (C=O) groups excluding carboxylic acids is 2. The Bertz CT molecular complexity index is 664. The molecular formula is C13H12Cl2N4O2S. The topological polar surface area (TPSA) is 83.1 Å². The highest BCUT2D eigenvalue weighted by molar-refractivity contribution is 7.13. The Morgan fingerprint density at radius 3 is 2.59 bits per heavy atom. The van der Waals surface area contributed by atoms with E-state index >= 15 is 0 Å². The number of amides is 3. The number of urea groups is 1. The molecule has 3 N–H and O–H groups in total. The second-order valence-corrected chi connectivity index (χ2v) is 5.81. The molecule has 1 aromatic heterocycles. The minimum absolute atomic E-state index is 0.282. The van der Waals surface area contributed by atoms with Gasteiger partial charge in [0.05, 0.1) is 10.0 Å². The Morgan fingerprint density at radius 2 is 1.91 bits per heavy atom. The number of rotatable bonds is 5. The molecule has 0 saturated carbocycles. The number of thiazole rings is 1. The van der Waals surface area contributed by atoms with Crippen LogP contribution in [0.5, 0.6) is 0 Å². The van der Waals surface area contributed by atoms with Crippen LogP contribution in [0.4, 0.5) is 9.93 Å². The second-order valence-electron chi connectivity index (χ2n) is 4.10. The van der Waals surface area contributed by atoms with E-state index in [9.17, 15) is 9.59 Å². The smallest absolute Gasteiger partial charge is 0.321 e. The lowest BCUT2D eigenvalue weighted by Gasteiger charge is -2.08. The third kappa shape index (κ3) is 4.87. The first-order valence-corrected chi connectivity index (χ1v) is 7.87. The van der Waals surface area contributed by atoms with Crippen LogP contribution in [0.1, 0.15) is 10.4 Å². The van der Waals surface area contributed by atoms with Crippen LogP contribution in [0.3, 0.4) is 0 Å². The number of halogens is 2. The molecule has 0 aliphatic heterocycles. The van der Waals surface area contributed by atoms with Crippen molar-refractivity contribution in [2.24, 2.45) is 0 Å². The molecule has 22 heavy (non-hydrogen) atoms. The quantitative estimate of drug-likeness (QED) is 0.718. The summed E-state index contributed by atoms with van der Waals surface area (Å²) in [7, 11) is 0. The monoisotopic (exact) mass is 358 g/mol. The van der Waals surface area contributed by atoms with Crippen LogP contribution in [0.2, 0.25) is 10.0 Å². The van der Waals surface area contributed by atoms with Crippen molar-refractivity contribution in [3.8, 4) is 0 Å². The average molecular weight is 359 g/mol. The lowest BCUT2D eigenvalue weighted by molar-refractivity contribution is 0.0954. The zero-order chi connectivity index (χ0) is 15.9. The van der Waals surface area contributed by atoms with E-state index in [0.717, 1.165) is 0 Å². The van der Waals surface area contributed by atoms with Crippen molar-refractivity contribution in [2.45, 2.75) is 0 Å². The van der Waals surface area contributed by atoms with E-state index in [4.69, 9.17) is 23.2 Å². The number of carbonyl (C=O) groups is 2. The average Bonchev–Trinajstić information content (AvgIpc) is 2.99. The molecule has 0 radical (unpaired) electrons. The lowest BCUT2D eigenvalue weighted by atomic mass is 10.2. The van der Waals surface area contributed by atoms with E-state index in [1.54, 1.807) is 23.7 Å². The molecule has 6 nitrogen and oxygen atoms in total. The molecule has 0 aliphatic rings. The van der Waals surface area contributed by atoms with Gasteiger partial charge in [0.2, 0.25) is 0 Å². The fourth-order valence-electron chi connectivity index (χ4n) is 1.52. The summed E-state index contributed by atoms with van der Waals surface area (Å²) in [6.45, 7) is 0.564. The van der Waals surface area contributed by atoms with Crippen LogP contribution < -0.4 is 16.0 Å². The molecule has 0 fully saturated rings. The van der Waals surface area contributed by atoms with Gasteiger partial charge in [0, 0.05) is 30.2 Å². The number of hydrogen-bond acceptors (Lipinski definition) is 4. The van der Waals surface area contributed by atoms with Crippen LogP contribution >= 0.6 is 34.5 Å². The zero-order valence-electron chi connectivity index (χ0n) is 11.2. The summed E-state index contributed by atoms with van der Waals surface area (Å²) in [4.78, 5) is 27.3. The van der Waals surface area contributed by atoms with E-state index < -0.39 is 0 Å². The number of aromatic nitrogens is 1. The lowest BCUT2D eigenvalue weighted by Crippen LogP contribution is -2.36. The standard InChI is InChI=1S/C13H12Cl2N4O2S/c14-9-2-1-8(7-10(9)15)11(20)16-3-4-17-12(21)19-13-18-5-6-22-13/h1-2,5-7H,3-4H2,(H,16,20)(H2,17,18,19,21). The molecule has 9 heteroatoms. The van der Waals surface area contributed by atoms with Gasteiger partial charge < -0.3 is 10.6 Å². The number of nitrogens with one attached hydrogen (secondary N) is 3. The van der Waals surface area contributed by atoms with Gasteiger partial charge in [-0.05, 0) is 18.2 Å². The maximum Gasteiger partial charge on any atom is 0.321 e. The van der Waals surface area contributed by atoms with Crippen molar-refractivity contribution in [3.63, 3.8) is 0 Å². The van der Waals surface area contributed by atoms with Crippen LogP contribution in [-0.2, 0) is 0 Å². The van der Waals surface area contributed by atoms with Crippen LogP contribution in [-0.4, -0.2) is 30.0 Å². The molecule has 0 unspecified atom stereocenters. The van der Waals surface area contributed by atoms with Crippen LogP contribution in [0.15, 0.2) is 29.8 Å². The number of hydrogen-bond donors (Lipinski definition) is 3. The van der Waals surface area contributed by atoms with E-state index in [0.29, 0.717) is 20.7 Å². The van der Waals surface area contributed by atoms with Gasteiger partial charge in [0.25, 0.3) is 5.91 Å². The van der Waals surface area contributed by atoms with E-state index in [-0.39, 0.29) is 25.0 Å². The fraction of sp³-hybridized carbons (Fsp3) is 0.154. The van der Waals surface area contributed by atoms with Crippen molar-refractivity contribution >= 4 is 51.6 Å². The first-order chi connectivity index (χ1) is 10.6. The second kappa shape index (κ2) is 7.98. The predicted octanol–water partition coefficient (Wildman–Crippen LogP) is 3.00. The van der Waals surface area contributed by atoms with Gasteiger partial charge in [-0.2, -0.15) is 0 Å². The number of anilines is 1. The Labute approximate surface area is 140 Å². The van der Waals surface area contributed by atoms with Gasteiger partial charge in [-0.25, -0.2) is 9.78 Å². The molecule has 0 saturated heterocycles. The largest absolute Gasteiger partial charge is 0.350 e. The minimum atomic E-state index is -0.376. The maximum atomic E-state index is 11.9. The first kappa shape index (κ1) is 16.5. The summed E-state index contributed by atoms with van der Waals surface area (Å²) in [6.07, 6.45) is 1.59. The highest BCUT2D eigenvalue weighted by Gasteiger charge is 2.08. The van der Waals surface area contributed by atoms with Gasteiger partial charge in [-0.15, -0.1) is 11.3 Å². The minimum Gasteiger partial charge on any atom is -0.350 e. The van der Waals surface area contributed by atoms with Crippen molar-refractivity contribution in [3.05, 3.63) is 45.4 Å². The van der Waals surface area contributed by atoms with E-state index in [1.807, 2.05) is 0 Å². The Morgan fingerprint density at radius 1 is 1.14 bits per heavy atom. The van der Waals surface area contributed by atoms with Crippen molar-refractivity contribution in [1.82, 2.24) is 15.6 Å². The molecule has 0 aliphatic carbocycles. The van der Waals surface area contributed by atoms with Crippen LogP contribution in [0.25, 0.3) is 0 Å². The summed E-state index contributed by atoms with van der Waals surface area (Å²) >= 11 is 12.9. The molecule has 2 aromatic rings. The maximum absolute atomic E-state index is 11.9. The van der Waals surface area contributed by atoms with E-state index in [1.165, 1.54) is 17.4 Å². The Balaban J connectivity index is 1.70. The summed E-state index contributed by atoms with van der Waals surface area (Å²) in [5, 5.41) is 10.8. The summed E-state index contributed by atoms with van der Waals surface area (Å²) in [5.74, 6) is -0.291. The fourth-order valence-corrected chi connectivity index (χ4v) is 2.34. The summed E-state index contributed by atoms with van der Waals surface area (Å²) in [6, 6.07) is 4.24. The van der Waals surface area contributed by atoms with Gasteiger partial charge in [-0.1, -0.05) is 23.2 Å². The third-order valence-corrected chi connectivity index (χ3v) is 3.96. The highest BCUT2D eigenvalue weighted by atomic mass is 35.5. The third-order valence-electron chi connectivity index (χ3n) is 2.53. The van der Waals surface area contributed by atoms with Crippen LogP contribution in [0, 0.1) is 0 Å². The van der Waals surface area contributed by atoms with Gasteiger partial charge >= 0.3 is 6.03 Å². The molecule has 0 atom stereocenters. The summed E-state index contributed by atoms with van der Waals surface area (Å²) in [5.41, 5.74) is 0.404. The molecule has 0 bridgehead atoms. The summed E-state index contributed by atoms with van der Waals surface area (Å²) < 4.78 is 0. The zero-order valence-corrected chi connectivity index (χ0v) is 13.6. The molecule has 1 heterocycles. The van der Waals surface area contributed by atoms with Crippen molar-refractivity contribution in [1.29, 1.82) is 0 Å². The normalized spacial score (nSPS) is 10.1. The number of benzene rings is 1. The first-order valence-electron chi connectivity index (χ1n) is 6.24. The van der Waals surface area contributed by atoms with Gasteiger partial charge in [0.1, 0.15) is 0 Å².